The lowest BCUT2D eigenvalue weighted by Gasteiger charge is -2.41. The molecular formula is C21H28ClN3O3. The first-order valence-electron chi connectivity index (χ1n) is 10.5. The Morgan fingerprint density at radius 1 is 1.14 bits per heavy atom. The van der Waals surface area contributed by atoms with E-state index in [1.54, 1.807) is 4.90 Å². The molecule has 2 saturated heterocycles. The van der Waals surface area contributed by atoms with Crippen LogP contribution in [0.3, 0.4) is 0 Å². The van der Waals surface area contributed by atoms with Gasteiger partial charge in [0, 0.05) is 32.4 Å². The molecule has 1 aromatic heterocycles. The number of carbonyl (C=O) groups is 2. The SMILES string of the molecule is O=C(c1c[nH]c(=O)c(Cl)c1)N1CC[C@@]2(CCCN(CC3CCCCC3)C2=O)C1. The molecule has 1 atom stereocenters. The van der Waals surface area contributed by atoms with Crippen molar-refractivity contribution in [2.24, 2.45) is 11.3 Å². The number of likely N-dealkylation sites (tertiary alicyclic amines) is 2. The highest BCUT2D eigenvalue weighted by atomic mass is 35.5. The largest absolute Gasteiger partial charge is 0.342 e. The van der Waals surface area contributed by atoms with Crippen molar-refractivity contribution in [1.29, 1.82) is 0 Å². The average molecular weight is 406 g/mol. The minimum absolute atomic E-state index is 0.00663. The maximum atomic E-state index is 13.3. The highest BCUT2D eigenvalue weighted by Gasteiger charge is 2.49. The van der Waals surface area contributed by atoms with Crippen molar-refractivity contribution >= 4 is 23.4 Å². The summed E-state index contributed by atoms with van der Waals surface area (Å²) in [4.78, 5) is 44.0. The van der Waals surface area contributed by atoms with Crippen LogP contribution in [0.2, 0.25) is 5.02 Å². The van der Waals surface area contributed by atoms with E-state index >= 15 is 0 Å². The average Bonchev–Trinajstić information content (AvgIpc) is 3.13. The fraction of sp³-hybridized carbons (Fsp3) is 0.667. The van der Waals surface area contributed by atoms with Crippen LogP contribution in [0.4, 0.5) is 0 Å². The summed E-state index contributed by atoms with van der Waals surface area (Å²) in [5, 5.41) is 0.00663. The molecule has 1 spiro atoms. The standard InChI is InChI=1S/C21H28ClN3O3/c22-17-11-16(12-23-18(17)26)19(27)25-10-8-21(14-25)7-4-9-24(20(21)28)13-15-5-2-1-3-6-15/h11-12,15H,1-10,13-14H2,(H,23,26)/t21-/m0/s1. The molecule has 0 aromatic carbocycles. The van der Waals surface area contributed by atoms with Crippen LogP contribution in [-0.2, 0) is 4.79 Å². The van der Waals surface area contributed by atoms with E-state index in [1.165, 1.54) is 44.4 Å². The number of nitrogens with zero attached hydrogens (tertiary/aromatic N) is 2. The van der Waals surface area contributed by atoms with Crippen molar-refractivity contribution < 1.29 is 9.59 Å². The Balaban J connectivity index is 1.44. The van der Waals surface area contributed by atoms with Crippen LogP contribution in [-0.4, -0.2) is 52.8 Å². The second kappa shape index (κ2) is 7.90. The topological polar surface area (TPSA) is 73.5 Å². The quantitative estimate of drug-likeness (QED) is 0.839. The molecule has 4 rings (SSSR count). The Morgan fingerprint density at radius 3 is 2.68 bits per heavy atom. The Morgan fingerprint density at radius 2 is 1.93 bits per heavy atom. The number of carbonyl (C=O) groups excluding carboxylic acids is 2. The molecule has 3 aliphatic rings. The van der Waals surface area contributed by atoms with Gasteiger partial charge in [-0.15, -0.1) is 0 Å². The minimum atomic E-state index is -0.436. The lowest BCUT2D eigenvalue weighted by Crippen LogP contribution is -2.51. The molecule has 2 aliphatic heterocycles. The molecule has 0 unspecified atom stereocenters. The summed E-state index contributed by atoms with van der Waals surface area (Å²) in [6.45, 7) is 2.76. The number of rotatable bonds is 3. The molecule has 1 N–H and O–H groups in total. The van der Waals surface area contributed by atoms with Gasteiger partial charge in [0.1, 0.15) is 5.02 Å². The van der Waals surface area contributed by atoms with E-state index in [0.717, 1.165) is 32.4 Å². The Hall–Kier alpha value is -1.82. The van der Waals surface area contributed by atoms with Crippen molar-refractivity contribution in [3.05, 3.63) is 33.2 Å². The number of halogens is 1. The molecule has 2 amide bonds. The minimum Gasteiger partial charge on any atom is -0.342 e. The number of H-pyrrole nitrogens is 1. The zero-order valence-electron chi connectivity index (χ0n) is 16.2. The summed E-state index contributed by atoms with van der Waals surface area (Å²) in [7, 11) is 0. The fourth-order valence-corrected chi connectivity index (χ4v) is 5.37. The van der Waals surface area contributed by atoms with Gasteiger partial charge in [0.05, 0.1) is 11.0 Å². The highest BCUT2D eigenvalue weighted by Crippen LogP contribution is 2.41. The fourth-order valence-electron chi connectivity index (χ4n) is 5.19. The Labute approximate surface area is 170 Å². The van der Waals surface area contributed by atoms with Gasteiger partial charge < -0.3 is 14.8 Å². The van der Waals surface area contributed by atoms with Crippen LogP contribution in [0.25, 0.3) is 0 Å². The molecule has 1 aliphatic carbocycles. The summed E-state index contributed by atoms with van der Waals surface area (Å²) in [6, 6.07) is 1.41. The Bertz CT molecular complexity index is 817. The van der Waals surface area contributed by atoms with Gasteiger partial charge in [0.25, 0.3) is 11.5 Å². The van der Waals surface area contributed by atoms with Gasteiger partial charge in [0.2, 0.25) is 5.91 Å². The normalized spacial score (nSPS) is 26.2. The van der Waals surface area contributed by atoms with Crippen LogP contribution >= 0.6 is 11.6 Å². The smallest absolute Gasteiger partial charge is 0.266 e. The maximum Gasteiger partial charge on any atom is 0.266 e. The van der Waals surface area contributed by atoms with Crippen LogP contribution in [0, 0.1) is 11.3 Å². The van der Waals surface area contributed by atoms with Crippen molar-refractivity contribution in [1.82, 2.24) is 14.8 Å². The molecular weight excluding hydrogens is 378 g/mol. The molecule has 0 bridgehead atoms. The lowest BCUT2D eigenvalue weighted by molar-refractivity contribution is -0.146. The van der Waals surface area contributed by atoms with E-state index in [1.807, 2.05) is 0 Å². The summed E-state index contributed by atoms with van der Waals surface area (Å²) >= 11 is 5.87. The van der Waals surface area contributed by atoms with Gasteiger partial charge in [-0.3, -0.25) is 14.4 Å². The van der Waals surface area contributed by atoms with E-state index in [-0.39, 0.29) is 16.8 Å². The monoisotopic (exact) mass is 405 g/mol. The first-order chi connectivity index (χ1) is 13.5. The Kier molecular flexibility index (Phi) is 5.50. The third-order valence-corrected chi connectivity index (χ3v) is 7.05. The van der Waals surface area contributed by atoms with Crippen molar-refractivity contribution in [2.75, 3.05) is 26.2 Å². The predicted molar refractivity (Wildman–Crippen MR) is 107 cm³/mol. The molecule has 3 heterocycles. The zero-order chi connectivity index (χ0) is 19.7. The van der Waals surface area contributed by atoms with Gasteiger partial charge in [-0.25, -0.2) is 0 Å². The second-order valence-corrected chi connectivity index (χ2v) is 9.09. The number of aromatic amines is 1. The van der Waals surface area contributed by atoms with E-state index in [2.05, 4.69) is 9.88 Å². The number of nitrogens with one attached hydrogen (secondary N) is 1. The highest BCUT2D eigenvalue weighted by molar-refractivity contribution is 6.30. The number of hydrogen-bond donors (Lipinski definition) is 1. The number of piperidine rings is 1. The maximum absolute atomic E-state index is 13.3. The predicted octanol–water partition coefficient (Wildman–Crippen LogP) is 3.06. The summed E-state index contributed by atoms with van der Waals surface area (Å²) in [5.74, 6) is 0.696. The van der Waals surface area contributed by atoms with Gasteiger partial charge >= 0.3 is 0 Å². The van der Waals surface area contributed by atoms with Crippen LogP contribution < -0.4 is 5.56 Å². The number of amides is 2. The summed E-state index contributed by atoms with van der Waals surface area (Å²) in [5.41, 5.74) is -0.477. The van der Waals surface area contributed by atoms with Gasteiger partial charge in [-0.05, 0) is 44.1 Å². The number of pyridine rings is 1. The van der Waals surface area contributed by atoms with Gasteiger partial charge in [-0.1, -0.05) is 30.9 Å². The third kappa shape index (κ3) is 3.71. The summed E-state index contributed by atoms with van der Waals surface area (Å²) < 4.78 is 0. The van der Waals surface area contributed by atoms with Crippen LogP contribution in [0.1, 0.15) is 61.7 Å². The first-order valence-corrected chi connectivity index (χ1v) is 10.8. The van der Waals surface area contributed by atoms with Crippen LogP contribution in [0.15, 0.2) is 17.1 Å². The molecule has 6 nitrogen and oxygen atoms in total. The third-order valence-electron chi connectivity index (χ3n) is 6.77. The van der Waals surface area contributed by atoms with Gasteiger partial charge in [-0.2, -0.15) is 0 Å². The van der Waals surface area contributed by atoms with E-state index in [9.17, 15) is 14.4 Å². The van der Waals surface area contributed by atoms with Crippen molar-refractivity contribution in [3.8, 4) is 0 Å². The van der Waals surface area contributed by atoms with Crippen LogP contribution in [0.5, 0.6) is 0 Å². The molecule has 152 valence electrons. The van der Waals surface area contributed by atoms with Gasteiger partial charge in [0.15, 0.2) is 0 Å². The van der Waals surface area contributed by atoms with E-state index in [4.69, 9.17) is 11.6 Å². The van der Waals surface area contributed by atoms with Crippen molar-refractivity contribution in [2.45, 2.75) is 51.4 Å². The molecule has 3 fully saturated rings. The zero-order valence-corrected chi connectivity index (χ0v) is 17.0. The number of hydrogen-bond acceptors (Lipinski definition) is 3. The molecule has 28 heavy (non-hydrogen) atoms. The lowest BCUT2D eigenvalue weighted by atomic mass is 9.77. The van der Waals surface area contributed by atoms with E-state index in [0.29, 0.717) is 24.6 Å². The molecule has 1 aromatic rings. The molecule has 7 heteroatoms. The van der Waals surface area contributed by atoms with Crippen molar-refractivity contribution in [3.63, 3.8) is 0 Å². The molecule has 1 saturated carbocycles. The first kappa shape index (κ1) is 19.5. The summed E-state index contributed by atoms with van der Waals surface area (Å²) in [6.07, 6.45) is 10.3. The van der Waals surface area contributed by atoms with E-state index < -0.39 is 11.0 Å². The molecule has 0 radical (unpaired) electrons. The number of aromatic nitrogens is 1. The second-order valence-electron chi connectivity index (χ2n) is 8.68.